The van der Waals surface area contributed by atoms with E-state index in [1.54, 1.807) is 16.9 Å². The summed E-state index contributed by atoms with van der Waals surface area (Å²) in [6.45, 7) is 2.86. The Morgan fingerprint density at radius 2 is 1.96 bits per heavy atom. The van der Waals surface area contributed by atoms with Crippen LogP contribution in [0.15, 0.2) is 48.8 Å². The number of benzene rings is 1. The molecule has 1 aromatic carbocycles. The van der Waals surface area contributed by atoms with Gasteiger partial charge in [0.1, 0.15) is 5.56 Å². The first-order valence-electron chi connectivity index (χ1n) is 8.47. The lowest BCUT2D eigenvalue weighted by Gasteiger charge is -2.06. The number of amides is 1. The van der Waals surface area contributed by atoms with E-state index in [0.29, 0.717) is 17.8 Å². The highest BCUT2D eigenvalue weighted by Gasteiger charge is 2.15. The van der Waals surface area contributed by atoms with Gasteiger partial charge in [-0.25, -0.2) is 9.50 Å². The van der Waals surface area contributed by atoms with Crippen molar-refractivity contribution in [3.8, 4) is 11.3 Å². The van der Waals surface area contributed by atoms with Gasteiger partial charge in [-0.05, 0) is 12.5 Å². The zero-order chi connectivity index (χ0) is 16.8. The standard InChI is InChI=1S/C19H22N4O/c1-2-3-4-8-12-21-19(24)16-14-22-23-17(11-13-20-18(16)23)15-9-6-5-7-10-15/h5-7,9-11,13-14H,2-4,8,12H2,1H3,(H,21,24). The van der Waals surface area contributed by atoms with E-state index in [1.807, 2.05) is 36.4 Å². The number of nitrogens with one attached hydrogen (secondary N) is 1. The molecular formula is C19H22N4O. The fourth-order valence-corrected chi connectivity index (χ4v) is 2.73. The molecule has 24 heavy (non-hydrogen) atoms. The van der Waals surface area contributed by atoms with Crippen LogP contribution in [0.1, 0.15) is 43.0 Å². The van der Waals surface area contributed by atoms with Crippen LogP contribution in [0, 0.1) is 0 Å². The van der Waals surface area contributed by atoms with Gasteiger partial charge in [0.2, 0.25) is 0 Å². The summed E-state index contributed by atoms with van der Waals surface area (Å²) >= 11 is 0. The van der Waals surface area contributed by atoms with E-state index in [2.05, 4.69) is 22.3 Å². The van der Waals surface area contributed by atoms with Gasteiger partial charge in [0.05, 0.1) is 11.9 Å². The molecule has 5 nitrogen and oxygen atoms in total. The SMILES string of the molecule is CCCCCCNC(=O)c1cnn2c(-c3ccccc3)ccnc12. The van der Waals surface area contributed by atoms with Gasteiger partial charge >= 0.3 is 0 Å². The minimum absolute atomic E-state index is 0.112. The second kappa shape index (κ2) is 7.73. The number of fused-ring (bicyclic) bond motifs is 1. The van der Waals surface area contributed by atoms with Crippen molar-refractivity contribution in [1.29, 1.82) is 0 Å². The highest BCUT2D eigenvalue weighted by Crippen LogP contribution is 2.20. The van der Waals surface area contributed by atoms with Gasteiger partial charge in [-0.1, -0.05) is 56.5 Å². The van der Waals surface area contributed by atoms with Crippen molar-refractivity contribution in [2.75, 3.05) is 6.54 Å². The number of carbonyl (C=O) groups excluding carboxylic acids is 1. The molecule has 0 aliphatic carbocycles. The summed E-state index contributed by atoms with van der Waals surface area (Å²) in [4.78, 5) is 16.7. The van der Waals surface area contributed by atoms with E-state index >= 15 is 0 Å². The van der Waals surface area contributed by atoms with Crippen LogP contribution in [-0.2, 0) is 0 Å². The van der Waals surface area contributed by atoms with Gasteiger partial charge in [-0.2, -0.15) is 5.10 Å². The third kappa shape index (κ3) is 3.45. The molecular weight excluding hydrogens is 300 g/mol. The van der Waals surface area contributed by atoms with Crippen molar-refractivity contribution < 1.29 is 4.79 Å². The van der Waals surface area contributed by atoms with Gasteiger partial charge in [0, 0.05) is 18.3 Å². The van der Waals surface area contributed by atoms with Crippen LogP contribution in [0.4, 0.5) is 0 Å². The molecule has 0 fully saturated rings. The zero-order valence-corrected chi connectivity index (χ0v) is 13.9. The number of rotatable bonds is 7. The Morgan fingerprint density at radius 3 is 2.75 bits per heavy atom. The summed E-state index contributed by atoms with van der Waals surface area (Å²) in [5, 5.41) is 7.33. The zero-order valence-electron chi connectivity index (χ0n) is 13.9. The van der Waals surface area contributed by atoms with Crippen molar-refractivity contribution in [1.82, 2.24) is 19.9 Å². The molecule has 0 saturated carbocycles. The molecule has 0 aliphatic rings. The normalized spacial score (nSPS) is 10.9. The lowest BCUT2D eigenvalue weighted by atomic mass is 10.1. The average molecular weight is 322 g/mol. The minimum Gasteiger partial charge on any atom is -0.352 e. The van der Waals surface area contributed by atoms with Crippen LogP contribution in [0.25, 0.3) is 16.9 Å². The highest BCUT2D eigenvalue weighted by atomic mass is 16.1. The Kier molecular flexibility index (Phi) is 5.21. The van der Waals surface area contributed by atoms with Gasteiger partial charge in [-0.15, -0.1) is 0 Å². The number of carbonyl (C=O) groups is 1. The molecule has 1 N–H and O–H groups in total. The molecule has 0 unspecified atom stereocenters. The third-order valence-electron chi connectivity index (χ3n) is 4.03. The number of unbranched alkanes of at least 4 members (excludes halogenated alkanes) is 3. The summed E-state index contributed by atoms with van der Waals surface area (Å²) in [6.07, 6.45) is 7.85. The minimum atomic E-state index is -0.112. The smallest absolute Gasteiger partial charge is 0.256 e. The van der Waals surface area contributed by atoms with E-state index in [-0.39, 0.29) is 5.91 Å². The van der Waals surface area contributed by atoms with Crippen LogP contribution in [-0.4, -0.2) is 27.0 Å². The third-order valence-corrected chi connectivity index (χ3v) is 4.03. The Balaban J connectivity index is 1.80. The Labute approximate surface area is 141 Å². The molecule has 0 atom stereocenters. The van der Waals surface area contributed by atoms with Crippen LogP contribution >= 0.6 is 0 Å². The molecule has 3 rings (SSSR count). The summed E-state index contributed by atoms with van der Waals surface area (Å²) < 4.78 is 1.72. The Morgan fingerprint density at radius 1 is 1.12 bits per heavy atom. The molecule has 2 heterocycles. The van der Waals surface area contributed by atoms with Crippen molar-refractivity contribution in [3.05, 3.63) is 54.4 Å². The quantitative estimate of drug-likeness (QED) is 0.675. The first-order valence-corrected chi connectivity index (χ1v) is 8.47. The largest absolute Gasteiger partial charge is 0.352 e. The second-order valence-electron chi connectivity index (χ2n) is 5.81. The fraction of sp³-hybridized carbons (Fsp3) is 0.316. The van der Waals surface area contributed by atoms with E-state index in [9.17, 15) is 4.79 Å². The maximum Gasteiger partial charge on any atom is 0.256 e. The lowest BCUT2D eigenvalue weighted by Crippen LogP contribution is -2.24. The van der Waals surface area contributed by atoms with Crippen molar-refractivity contribution in [2.45, 2.75) is 32.6 Å². The first kappa shape index (κ1) is 16.2. The molecule has 0 radical (unpaired) electrons. The van der Waals surface area contributed by atoms with Gasteiger partial charge in [-0.3, -0.25) is 4.79 Å². The average Bonchev–Trinajstić information content (AvgIpc) is 3.06. The molecule has 0 bridgehead atoms. The van der Waals surface area contributed by atoms with Crippen LogP contribution < -0.4 is 5.32 Å². The molecule has 0 aliphatic heterocycles. The summed E-state index contributed by atoms with van der Waals surface area (Å²) in [6, 6.07) is 11.9. The topological polar surface area (TPSA) is 59.3 Å². The molecule has 2 aromatic heterocycles. The molecule has 1 amide bonds. The Bertz CT molecular complexity index is 811. The first-order chi connectivity index (χ1) is 11.8. The number of hydrogen-bond acceptors (Lipinski definition) is 3. The maximum atomic E-state index is 12.4. The molecule has 5 heteroatoms. The van der Waals surface area contributed by atoms with Crippen LogP contribution in [0.5, 0.6) is 0 Å². The molecule has 124 valence electrons. The number of aromatic nitrogens is 3. The van der Waals surface area contributed by atoms with E-state index in [4.69, 9.17) is 0 Å². The number of nitrogens with zero attached hydrogens (tertiary/aromatic N) is 3. The summed E-state index contributed by atoms with van der Waals surface area (Å²) in [5.41, 5.74) is 3.06. The van der Waals surface area contributed by atoms with Crippen molar-refractivity contribution in [3.63, 3.8) is 0 Å². The Hall–Kier alpha value is -2.69. The van der Waals surface area contributed by atoms with Gasteiger partial charge < -0.3 is 5.32 Å². The van der Waals surface area contributed by atoms with Gasteiger partial charge in [0.15, 0.2) is 5.65 Å². The van der Waals surface area contributed by atoms with Crippen molar-refractivity contribution in [2.24, 2.45) is 0 Å². The fourth-order valence-electron chi connectivity index (χ4n) is 2.73. The molecule has 3 aromatic rings. The van der Waals surface area contributed by atoms with Crippen LogP contribution in [0.3, 0.4) is 0 Å². The van der Waals surface area contributed by atoms with Crippen molar-refractivity contribution >= 4 is 11.6 Å². The highest BCUT2D eigenvalue weighted by molar-refractivity contribution is 5.99. The van der Waals surface area contributed by atoms with Crippen LogP contribution in [0.2, 0.25) is 0 Å². The number of hydrogen-bond donors (Lipinski definition) is 1. The monoisotopic (exact) mass is 322 g/mol. The second-order valence-corrected chi connectivity index (χ2v) is 5.81. The predicted molar refractivity (Wildman–Crippen MR) is 94.9 cm³/mol. The molecule has 0 spiro atoms. The predicted octanol–water partition coefficient (Wildman–Crippen LogP) is 3.71. The van der Waals surface area contributed by atoms with E-state index < -0.39 is 0 Å². The van der Waals surface area contributed by atoms with E-state index in [1.165, 1.54) is 12.8 Å². The van der Waals surface area contributed by atoms with E-state index in [0.717, 1.165) is 24.1 Å². The molecule has 0 saturated heterocycles. The van der Waals surface area contributed by atoms with Gasteiger partial charge in [0.25, 0.3) is 5.91 Å². The summed E-state index contributed by atoms with van der Waals surface area (Å²) in [7, 11) is 0. The maximum absolute atomic E-state index is 12.4. The summed E-state index contributed by atoms with van der Waals surface area (Å²) in [5.74, 6) is -0.112. The lowest BCUT2D eigenvalue weighted by molar-refractivity contribution is 0.0954.